The van der Waals surface area contributed by atoms with Crippen LogP contribution >= 0.6 is 0 Å². The van der Waals surface area contributed by atoms with Crippen molar-refractivity contribution in [2.24, 2.45) is 5.92 Å². The number of aryl methyl sites for hydroxylation is 1. The van der Waals surface area contributed by atoms with Crippen LogP contribution in [0, 0.1) is 23.0 Å². The zero-order valence-electron chi connectivity index (χ0n) is 11.6. The number of pyridine rings is 1. The number of likely N-dealkylation sites (tertiary alicyclic amines) is 1. The zero-order chi connectivity index (χ0) is 14.7. The lowest BCUT2D eigenvalue weighted by Crippen LogP contribution is -2.27. The van der Waals surface area contributed by atoms with Gasteiger partial charge in [0.25, 0.3) is 0 Å². The molecule has 1 atom stereocenters. The van der Waals surface area contributed by atoms with Crippen LogP contribution in [0.4, 0.5) is 11.5 Å². The lowest BCUT2D eigenvalue weighted by molar-refractivity contribution is -0.384. The molecule has 1 aromatic rings. The van der Waals surface area contributed by atoms with Crippen LogP contribution in [0.5, 0.6) is 0 Å². The lowest BCUT2D eigenvalue weighted by Gasteiger charge is -2.14. The molecule has 0 bridgehead atoms. The van der Waals surface area contributed by atoms with Gasteiger partial charge in [-0.1, -0.05) is 0 Å². The van der Waals surface area contributed by atoms with E-state index in [4.69, 9.17) is 0 Å². The van der Waals surface area contributed by atoms with Gasteiger partial charge in [-0.2, -0.15) is 0 Å². The van der Waals surface area contributed by atoms with E-state index in [0.29, 0.717) is 30.4 Å². The monoisotopic (exact) mass is 278 g/mol. The number of nitrogens with zero attached hydrogens (tertiary/aromatic N) is 3. The molecule has 0 aliphatic carbocycles. The van der Waals surface area contributed by atoms with Gasteiger partial charge in [-0.25, -0.2) is 4.98 Å². The summed E-state index contributed by atoms with van der Waals surface area (Å²) in [5, 5.41) is 14.1. The molecule has 0 radical (unpaired) electrons. The van der Waals surface area contributed by atoms with Crippen molar-refractivity contribution in [3.8, 4) is 0 Å². The topological polar surface area (TPSA) is 88.4 Å². The minimum absolute atomic E-state index is 0.0221. The molecule has 1 aliphatic rings. The fourth-order valence-corrected chi connectivity index (χ4v) is 2.44. The summed E-state index contributed by atoms with van der Waals surface area (Å²) in [6.07, 6.45) is 2.47. The Hall–Kier alpha value is -2.18. The number of hydrogen-bond donors (Lipinski definition) is 1. The van der Waals surface area contributed by atoms with Gasteiger partial charge in [0.2, 0.25) is 11.7 Å². The molecular weight excluding hydrogens is 260 g/mol. The maximum absolute atomic E-state index is 11.3. The second kappa shape index (κ2) is 5.85. The molecule has 1 aliphatic heterocycles. The first kappa shape index (κ1) is 14.2. The summed E-state index contributed by atoms with van der Waals surface area (Å²) in [5.41, 5.74) is 0.609. The standard InChI is InChI=1S/C13H18N4O3/c1-9-3-5-14-13(12(9)17(19)20)15-7-11-4-6-16(8-11)10(2)18/h3,5,11H,4,6-8H2,1-2H3,(H,14,15)/t11-/m1/s1. The molecule has 20 heavy (non-hydrogen) atoms. The maximum Gasteiger partial charge on any atom is 0.314 e. The number of aromatic nitrogens is 1. The highest BCUT2D eigenvalue weighted by molar-refractivity contribution is 5.73. The van der Waals surface area contributed by atoms with Crippen LogP contribution in [-0.2, 0) is 4.79 Å². The quantitative estimate of drug-likeness (QED) is 0.667. The molecule has 7 heteroatoms. The Morgan fingerprint density at radius 2 is 2.40 bits per heavy atom. The predicted molar refractivity (Wildman–Crippen MR) is 74.5 cm³/mol. The second-order valence-electron chi connectivity index (χ2n) is 5.08. The van der Waals surface area contributed by atoms with E-state index >= 15 is 0 Å². The second-order valence-corrected chi connectivity index (χ2v) is 5.08. The van der Waals surface area contributed by atoms with Crippen molar-refractivity contribution < 1.29 is 9.72 Å². The van der Waals surface area contributed by atoms with Gasteiger partial charge in [0.05, 0.1) is 4.92 Å². The van der Waals surface area contributed by atoms with E-state index in [1.807, 2.05) is 0 Å². The highest BCUT2D eigenvalue weighted by atomic mass is 16.6. The van der Waals surface area contributed by atoms with Gasteiger partial charge in [0, 0.05) is 38.3 Å². The summed E-state index contributed by atoms with van der Waals surface area (Å²) >= 11 is 0. The molecular formula is C13H18N4O3. The number of anilines is 1. The first-order valence-electron chi connectivity index (χ1n) is 6.58. The van der Waals surface area contributed by atoms with Crippen LogP contribution in [0.25, 0.3) is 0 Å². The van der Waals surface area contributed by atoms with Crippen LogP contribution < -0.4 is 5.32 Å². The van der Waals surface area contributed by atoms with Gasteiger partial charge in [-0.05, 0) is 25.3 Å². The van der Waals surface area contributed by atoms with Gasteiger partial charge >= 0.3 is 5.69 Å². The van der Waals surface area contributed by atoms with E-state index < -0.39 is 4.92 Å². The Balaban J connectivity index is 2.00. The molecule has 0 unspecified atom stereocenters. The summed E-state index contributed by atoms with van der Waals surface area (Å²) in [7, 11) is 0. The summed E-state index contributed by atoms with van der Waals surface area (Å²) in [6.45, 7) is 5.29. The minimum Gasteiger partial charge on any atom is -0.364 e. The first-order chi connectivity index (χ1) is 9.49. The number of carbonyl (C=O) groups excluding carboxylic acids is 1. The third-order valence-corrected chi connectivity index (χ3v) is 3.60. The van der Waals surface area contributed by atoms with Gasteiger partial charge in [-0.3, -0.25) is 14.9 Å². The van der Waals surface area contributed by atoms with Crippen molar-refractivity contribution >= 4 is 17.4 Å². The maximum atomic E-state index is 11.3. The summed E-state index contributed by atoms with van der Waals surface area (Å²) in [4.78, 5) is 27.7. The smallest absolute Gasteiger partial charge is 0.314 e. The van der Waals surface area contributed by atoms with Gasteiger partial charge < -0.3 is 10.2 Å². The predicted octanol–water partition coefficient (Wildman–Crippen LogP) is 1.58. The van der Waals surface area contributed by atoms with Crippen LogP contribution in [0.15, 0.2) is 12.3 Å². The van der Waals surface area contributed by atoms with Crippen LogP contribution in [0.3, 0.4) is 0 Å². The van der Waals surface area contributed by atoms with Crippen molar-refractivity contribution in [1.82, 2.24) is 9.88 Å². The summed E-state index contributed by atoms with van der Waals surface area (Å²) < 4.78 is 0. The van der Waals surface area contributed by atoms with Gasteiger partial charge in [0.1, 0.15) is 0 Å². The average molecular weight is 278 g/mol. The molecule has 1 aromatic heterocycles. The molecule has 2 rings (SSSR count). The van der Waals surface area contributed by atoms with E-state index in [0.717, 1.165) is 13.0 Å². The molecule has 0 spiro atoms. The van der Waals surface area contributed by atoms with Crippen molar-refractivity contribution in [3.05, 3.63) is 27.9 Å². The number of hydrogen-bond acceptors (Lipinski definition) is 5. The van der Waals surface area contributed by atoms with Crippen molar-refractivity contribution in [1.29, 1.82) is 0 Å². The molecule has 0 saturated carbocycles. The lowest BCUT2D eigenvalue weighted by atomic mass is 10.1. The minimum atomic E-state index is -0.415. The third-order valence-electron chi connectivity index (χ3n) is 3.60. The SMILES string of the molecule is CC(=O)N1CC[C@H](CNc2nccc(C)c2[N+](=O)[O-])C1. The fourth-order valence-electron chi connectivity index (χ4n) is 2.44. The molecule has 1 fully saturated rings. The molecule has 0 aromatic carbocycles. The third kappa shape index (κ3) is 3.04. The van der Waals surface area contributed by atoms with Crippen LogP contribution in [-0.4, -0.2) is 40.3 Å². The molecule has 7 nitrogen and oxygen atoms in total. The van der Waals surface area contributed by atoms with Crippen molar-refractivity contribution in [2.75, 3.05) is 25.0 Å². The van der Waals surface area contributed by atoms with Crippen LogP contribution in [0.2, 0.25) is 0 Å². The highest BCUT2D eigenvalue weighted by Crippen LogP contribution is 2.26. The summed E-state index contributed by atoms with van der Waals surface area (Å²) in [5.74, 6) is 0.684. The fraction of sp³-hybridized carbons (Fsp3) is 0.538. The molecule has 108 valence electrons. The van der Waals surface area contributed by atoms with E-state index in [9.17, 15) is 14.9 Å². The average Bonchev–Trinajstić information content (AvgIpc) is 2.84. The Bertz CT molecular complexity index is 532. The number of rotatable bonds is 4. The number of nitro groups is 1. The molecule has 1 saturated heterocycles. The van der Waals surface area contributed by atoms with E-state index in [2.05, 4.69) is 10.3 Å². The zero-order valence-corrected chi connectivity index (χ0v) is 11.6. The van der Waals surface area contributed by atoms with Gasteiger partial charge in [-0.15, -0.1) is 0 Å². The van der Waals surface area contributed by atoms with E-state index in [-0.39, 0.29) is 11.6 Å². The largest absolute Gasteiger partial charge is 0.364 e. The van der Waals surface area contributed by atoms with Crippen molar-refractivity contribution in [3.63, 3.8) is 0 Å². The van der Waals surface area contributed by atoms with Crippen molar-refractivity contribution in [2.45, 2.75) is 20.3 Å². The van der Waals surface area contributed by atoms with Crippen LogP contribution in [0.1, 0.15) is 18.9 Å². The Morgan fingerprint density at radius 3 is 3.00 bits per heavy atom. The number of carbonyl (C=O) groups is 1. The number of amides is 1. The van der Waals surface area contributed by atoms with E-state index in [1.165, 1.54) is 0 Å². The molecule has 1 N–H and O–H groups in total. The highest BCUT2D eigenvalue weighted by Gasteiger charge is 2.25. The molecule has 1 amide bonds. The summed E-state index contributed by atoms with van der Waals surface area (Å²) in [6, 6.07) is 1.62. The Kier molecular flexibility index (Phi) is 4.16. The first-order valence-corrected chi connectivity index (χ1v) is 6.58. The Morgan fingerprint density at radius 1 is 1.65 bits per heavy atom. The normalized spacial score (nSPS) is 18.1. The molecule has 2 heterocycles. The number of nitrogens with one attached hydrogen (secondary N) is 1. The Labute approximate surface area is 117 Å². The van der Waals surface area contributed by atoms with E-state index in [1.54, 1.807) is 31.0 Å². The van der Waals surface area contributed by atoms with Gasteiger partial charge in [0.15, 0.2) is 0 Å².